The minimum absolute atomic E-state index is 0.317. The van der Waals surface area contributed by atoms with E-state index in [9.17, 15) is 4.79 Å². The summed E-state index contributed by atoms with van der Waals surface area (Å²) >= 11 is 0. The van der Waals surface area contributed by atoms with Crippen molar-refractivity contribution < 1.29 is 14.3 Å². The first kappa shape index (κ1) is 29.1. The molecule has 0 aliphatic carbocycles. The van der Waals surface area contributed by atoms with Crippen molar-refractivity contribution in [1.82, 2.24) is 35.1 Å². The number of benzene rings is 3. The Labute approximate surface area is 265 Å². The van der Waals surface area contributed by atoms with E-state index in [1.165, 1.54) is 28.6 Å². The minimum atomic E-state index is -0.333. The zero-order valence-electron chi connectivity index (χ0n) is 25.6. The largest absolute Gasteiger partial charge is 0.493 e. The maximum atomic E-state index is 13.4. The molecule has 46 heavy (non-hydrogen) atoms. The molecule has 230 valence electrons. The Morgan fingerprint density at radius 2 is 1.76 bits per heavy atom. The molecule has 0 saturated heterocycles. The molecule has 3 aromatic carbocycles. The molecule has 0 atom stereocenters. The molecule has 0 spiro atoms. The van der Waals surface area contributed by atoms with Gasteiger partial charge in [-0.3, -0.25) is 19.7 Å². The number of para-hydroxylation sites is 1. The minimum Gasteiger partial charge on any atom is -0.493 e. The fourth-order valence-corrected chi connectivity index (χ4v) is 5.70. The van der Waals surface area contributed by atoms with Crippen LogP contribution < -0.4 is 14.8 Å². The van der Waals surface area contributed by atoms with Crippen LogP contribution in [0.15, 0.2) is 91.4 Å². The van der Waals surface area contributed by atoms with E-state index in [0.29, 0.717) is 34.1 Å². The topological polar surface area (TPSA) is 120 Å². The molecule has 4 heterocycles. The average molecular weight is 613 g/mol. The highest BCUT2D eigenvalue weighted by molar-refractivity contribution is 6.07. The fraction of sp³-hybridized carbons (Fsp3) is 0.200. The Balaban J connectivity index is 1.09. The van der Waals surface area contributed by atoms with Gasteiger partial charge < -0.3 is 14.8 Å². The highest BCUT2D eigenvalue weighted by Gasteiger charge is 2.20. The number of ether oxygens (including phenoxy) is 2. The lowest BCUT2D eigenvalue weighted by Crippen LogP contribution is -2.32. The molecule has 0 saturated carbocycles. The molecule has 6 aromatic rings. The Morgan fingerprint density at radius 1 is 0.935 bits per heavy atom. The normalized spacial score (nSPS) is 12.9. The first-order chi connectivity index (χ1) is 22.6. The maximum absolute atomic E-state index is 13.4. The Bertz CT molecular complexity index is 2030. The van der Waals surface area contributed by atoms with Crippen LogP contribution >= 0.6 is 0 Å². The lowest BCUT2D eigenvalue weighted by Gasteiger charge is -2.28. The molecule has 1 N–H and O–H groups in total. The molecule has 0 radical (unpaired) electrons. The maximum Gasteiger partial charge on any atom is 0.257 e. The summed E-state index contributed by atoms with van der Waals surface area (Å²) in [5, 5.41) is 17.1. The monoisotopic (exact) mass is 612 g/mol. The Kier molecular flexibility index (Phi) is 8.05. The smallest absolute Gasteiger partial charge is 0.257 e. The van der Waals surface area contributed by atoms with Crippen LogP contribution in [0, 0.1) is 0 Å². The molecule has 1 aliphatic heterocycles. The van der Waals surface area contributed by atoms with E-state index in [0.717, 1.165) is 49.1 Å². The predicted octanol–water partition coefficient (Wildman–Crippen LogP) is 5.14. The van der Waals surface area contributed by atoms with Crippen LogP contribution in [0.2, 0.25) is 0 Å². The summed E-state index contributed by atoms with van der Waals surface area (Å²) in [5.74, 6) is 0.905. The van der Waals surface area contributed by atoms with Crippen molar-refractivity contribution in [2.45, 2.75) is 19.4 Å². The van der Waals surface area contributed by atoms with Gasteiger partial charge in [0.05, 0.1) is 42.2 Å². The standard InChI is InChI=1S/C35H32N8O3/c1-45-32-18-29(31(19-33(32)46-2)38-35(44)27-17-24-5-3-4-6-30(24)37-21-27)34-39-41-43(40-34)28-9-7-23(8-10-28)12-15-42-16-13-25-20-36-14-11-26(25)22-42/h3-11,14,17-21H,12-13,15-16,22H2,1-2H3,(H,38,44). The van der Waals surface area contributed by atoms with Crippen LogP contribution in [0.3, 0.4) is 0 Å². The van der Waals surface area contributed by atoms with Crippen molar-refractivity contribution >= 4 is 22.5 Å². The van der Waals surface area contributed by atoms with Gasteiger partial charge >= 0.3 is 0 Å². The third kappa shape index (κ3) is 6.00. The first-order valence-corrected chi connectivity index (χ1v) is 15.0. The van der Waals surface area contributed by atoms with Gasteiger partial charge in [-0.15, -0.1) is 15.0 Å². The zero-order chi connectivity index (χ0) is 31.5. The van der Waals surface area contributed by atoms with Gasteiger partial charge in [-0.2, -0.15) is 0 Å². The van der Waals surface area contributed by atoms with Crippen LogP contribution in [-0.2, 0) is 19.4 Å². The number of fused-ring (bicyclic) bond motifs is 2. The second-order valence-corrected chi connectivity index (χ2v) is 11.1. The molecule has 1 amide bonds. The highest BCUT2D eigenvalue weighted by atomic mass is 16.5. The van der Waals surface area contributed by atoms with Gasteiger partial charge in [-0.1, -0.05) is 30.3 Å². The summed E-state index contributed by atoms with van der Waals surface area (Å²) in [4.78, 5) is 26.0. The van der Waals surface area contributed by atoms with E-state index >= 15 is 0 Å². The highest BCUT2D eigenvalue weighted by Crippen LogP contribution is 2.38. The van der Waals surface area contributed by atoms with E-state index in [1.807, 2.05) is 48.8 Å². The number of nitrogens with one attached hydrogen (secondary N) is 1. The summed E-state index contributed by atoms with van der Waals surface area (Å²) in [6.45, 7) is 2.98. The predicted molar refractivity (Wildman–Crippen MR) is 174 cm³/mol. The fourth-order valence-electron chi connectivity index (χ4n) is 5.70. The number of methoxy groups -OCH3 is 2. The molecule has 11 nitrogen and oxygen atoms in total. The number of hydrogen-bond donors (Lipinski definition) is 1. The molecule has 11 heteroatoms. The molecule has 3 aromatic heterocycles. The number of carbonyl (C=O) groups is 1. The van der Waals surface area contributed by atoms with Gasteiger partial charge in [-0.05, 0) is 71.1 Å². The van der Waals surface area contributed by atoms with Gasteiger partial charge in [0, 0.05) is 49.7 Å². The van der Waals surface area contributed by atoms with E-state index in [4.69, 9.17) is 9.47 Å². The van der Waals surface area contributed by atoms with Gasteiger partial charge in [0.1, 0.15) is 0 Å². The molecular formula is C35H32N8O3. The molecule has 1 aliphatic rings. The van der Waals surface area contributed by atoms with Gasteiger partial charge in [0.2, 0.25) is 5.82 Å². The number of amides is 1. The first-order valence-electron chi connectivity index (χ1n) is 15.0. The Hall–Kier alpha value is -5.68. The second-order valence-electron chi connectivity index (χ2n) is 11.1. The summed E-state index contributed by atoms with van der Waals surface area (Å²) in [5.41, 5.74) is 6.93. The number of pyridine rings is 2. The van der Waals surface area contributed by atoms with Gasteiger partial charge in [0.25, 0.3) is 5.91 Å². The van der Waals surface area contributed by atoms with Gasteiger partial charge in [-0.25, -0.2) is 0 Å². The summed E-state index contributed by atoms with van der Waals surface area (Å²) < 4.78 is 11.1. The second kappa shape index (κ2) is 12.7. The Morgan fingerprint density at radius 3 is 2.61 bits per heavy atom. The summed E-state index contributed by atoms with van der Waals surface area (Å²) in [7, 11) is 3.09. The van der Waals surface area contributed by atoms with Crippen LogP contribution in [0.4, 0.5) is 5.69 Å². The number of rotatable bonds is 9. The lowest BCUT2D eigenvalue weighted by atomic mass is 10.0. The van der Waals surface area contributed by atoms with Crippen molar-refractivity contribution in [3.05, 3.63) is 114 Å². The third-order valence-electron chi connectivity index (χ3n) is 8.26. The van der Waals surface area contributed by atoms with E-state index < -0.39 is 0 Å². The summed E-state index contributed by atoms with van der Waals surface area (Å²) in [6, 6.07) is 23.2. The van der Waals surface area contributed by atoms with E-state index in [2.05, 4.69) is 53.8 Å². The molecule has 0 bridgehead atoms. The number of tetrazole rings is 1. The van der Waals surface area contributed by atoms with Crippen molar-refractivity contribution in [2.75, 3.05) is 32.6 Å². The van der Waals surface area contributed by atoms with Crippen LogP contribution in [0.5, 0.6) is 11.5 Å². The summed E-state index contributed by atoms with van der Waals surface area (Å²) in [6.07, 6.45) is 7.39. The number of carbonyl (C=O) groups excluding carboxylic acids is 1. The molecule has 0 unspecified atom stereocenters. The number of nitrogens with zero attached hydrogens (tertiary/aromatic N) is 7. The number of anilines is 1. The van der Waals surface area contributed by atoms with Crippen molar-refractivity contribution in [3.63, 3.8) is 0 Å². The molecule has 7 rings (SSSR count). The van der Waals surface area contributed by atoms with Crippen molar-refractivity contribution in [1.29, 1.82) is 0 Å². The van der Waals surface area contributed by atoms with Crippen molar-refractivity contribution in [3.8, 4) is 28.6 Å². The van der Waals surface area contributed by atoms with Crippen LogP contribution in [0.1, 0.15) is 27.0 Å². The molecular weight excluding hydrogens is 580 g/mol. The number of hydrogen-bond acceptors (Lipinski definition) is 9. The SMILES string of the molecule is COc1cc(NC(=O)c2cnc3ccccc3c2)c(-c2nnn(-c3ccc(CCN4CCc5cnccc5C4)cc3)n2)cc1OC. The van der Waals surface area contributed by atoms with E-state index in [1.54, 1.807) is 31.5 Å². The van der Waals surface area contributed by atoms with E-state index in [-0.39, 0.29) is 5.91 Å². The lowest BCUT2D eigenvalue weighted by molar-refractivity contribution is 0.102. The van der Waals surface area contributed by atoms with Crippen molar-refractivity contribution in [2.24, 2.45) is 0 Å². The third-order valence-corrected chi connectivity index (χ3v) is 8.26. The van der Waals surface area contributed by atoms with Crippen LogP contribution in [0.25, 0.3) is 28.0 Å². The quantitative estimate of drug-likeness (QED) is 0.237. The van der Waals surface area contributed by atoms with Crippen LogP contribution in [-0.4, -0.2) is 68.3 Å². The number of aromatic nitrogens is 6. The molecule has 0 fully saturated rings. The average Bonchev–Trinajstić information content (AvgIpc) is 3.60. The zero-order valence-corrected chi connectivity index (χ0v) is 25.6. The van der Waals surface area contributed by atoms with Gasteiger partial charge in [0.15, 0.2) is 11.5 Å².